The standard InChI is InChI=1S/C7H10O6/c8-2-7-6(11)5(10)4(9)3(13-7)1-12-7/h3-5,8-10H,1-2H2/t3-,4-,5-,7?/m1/s1. The molecule has 2 heterocycles. The topological polar surface area (TPSA) is 96.2 Å². The molecule has 2 aliphatic heterocycles. The highest BCUT2D eigenvalue weighted by atomic mass is 16.8. The molecule has 0 aromatic heterocycles. The summed E-state index contributed by atoms with van der Waals surface area (Å²) < 4.78 is 9.92. The number of hydrogen-bond acceptors (Lipinski definition) is 6. The Kier molecular flexibility index (Phi) is 1.90. The van der Waals surface area contributed by atoms with Crippen LogP contribution >= 0.6 is 0 Å². The SMILES string of the molecule is O=C1[C@H](O)[C@H](O)[C@H]2COC1(CO)O2. The van der Waals surface area contributed by atoms with Gasteiger partial charge in [-0.15, -0.1) is 0 Å². The molecule has 13 heavy (non-hydrogen) atoms. The maximum atomic E-state index is 11.3. The van der Waals surface area contributed by atoms with Gasteiger partial charge in [0.15, 0.2) is 0 Å². The van der Waals surface area contributed by atoms with Crippen LogP contribution in [0.2, 0.25) is 0 Å². The Labute approximate surface area is 73.7 Å². The van der Waals surface area contributed by atoms with E-state index in [1.54, 1.807) is 0 Å². The van der Waals surface area contributed by atoms with Crippen LogP contribution in [-0.4, -0.2) is 58.4 Å². The summed E-state index contributed by atoms with van der Waals surface area (Å²) in [6.07, 6.45) is -3.54. The van der Waals surface area contributed by atoms with Gasteiger partial charge in [-0.3, -0.25) is 4.79 Å². The van der Waals surface area contributed by atoms with Crippen molar-refractivity contribution in [1.29, 1.82) is 0 Å². The Morgan fingerprint density at radius 3 is 2.85 bits per heavy atom. The van der Waals surface area contributed by atoms with Crippen LogP contribution in [0.4, 0.5) is 0 Å². The van der Waals surface area contributed by atoms with Crippen LogP contribution in [0.25, 0.3) is 0 Å². The Hall–Kier alpha value is -0.530. The van der Waals surface area contributed by atoms with E-state index in [2.05, 4.69) is 0 Å². The van der Waals surface area contributed by atoms with Crippen LogP contribution in [0.3, 0.4) is 0 Å². The Balaban J connectivity index is 2.31. The summed E-state index contributed by atoms with van der Waals surface area (Å²) in [5.41, 5.74) is 0. The second kappa shape index (κ2) is 2.73. The molecule has 2 rings (SSSR count). The number of ether oxygens (including phenoxy) is 2. The second-order valence-corrected chi connectivity index (χ2v) is 3.18. The van der Waals surface area contributed by atoms with Crippen LogP contribution in [0.15, 0.2) is 0 Å². The quantitative estimate of drug-likeness (QED) is 0.419. The average molecular weight is 190 g/mol. The maximum Gasteiger partial charge on any atom is 0.256 e. The number of hydrogen-bond donors (Lipinski definition) is 3. The van der Waals surface area contributed by atoms with Crippen LogP contribution in [0, 0.1) is 0 Å². The molecular formula is C7H10O6. The lowest BCUT2D eigenvalue weighted by molar-refractivity contribution is -0.232. The summed E-state index contributed by atoms with van der Waals surface area (Å²) in [5.74, 6) is -2.57. The number of carbonyl (C=O) groups excluding carboxylic acids is 1. The van der Waals surface area contributed by atoms with Gasteiger partial charge >= 0.3 is 0 Å². The summed E-state index contributed by atoms with van der Waals surface area (Å²) >= 11 is 0. The van der Waals surface area contributed by atoms with Crippen molar-refractivity contribution in [2.75, 3.05) is 13.2 Å². The first-order valence-electron chi connectivity index (χ1n) is 3.94. The minimum atomic E-state index is -1.75. The van der Waals surface area contributed by atoms with Gasteiger partial charge in [0, 0.05) is 0 Å². The van der Waals surface area contributed by atoms with Gasteiger partial charge in [-0.1, -0.05) is 0 Å². The Morgan fingerprint density at radius 1 is 1.54 bits per heavy atom. The van der Waals surface area contributed by atoms with Gasteiger partial charge in [-0.05, 0) is 0 Å². The maximum absolute atomic E-state index is 11.3. The summed E-state index contributed by atoms with van der Waals surface area (Å²) in [6, 6.07) is 0. The molecule has 0 saturated carbocycles. The zero-order valence-corrected chi connectivity index (χ0v) is 6.71. The molecule has 0 radical (unpaired) electrons. The van der Waals surface area contributed by atoms with Gasteiger partial charge in [-0.25, -0.2) is 0 Å². The molecule has 3 N–H and O–H groups in total. The summed E-state index contributed by atoms with van der Waals surface area (Å²) in [4.78, 5) is 11.3. The van der Waals surface area contributed by atoms with E-state index in [0.29, 0.717) is 0 Å². The van der Waals surface area contributed by atoms with E-state index in [0.717, 1.165) is 0 Å². The molecule has 0 aromatic rings. The third-order valence-electron chi connectivity index (χ3n) is 2.38. The fourth-order valence-corrected chi connectivity index (χ4v) is 1.57. The van der Waals surface area contributed by atoms with E-state index in [4.69, 9.17) is 14.6 Å². The van der Waals surface area contributed by atoms with E-state index in [9.17, 15) is 15.0 Å². The van der Waals surface area contributed by atoms with Crippen LogP contribution in [0.1, 0.15) is 0 Å². The average Bonchev–Trinajstić information content (AvgIpc) is 2.55. The molecule has 74 valence electrons. The molecule has 2 aliphatic rings. The molecule has 1 unspecified atom stereocenters. The molecule has 0 spiro atoms. The monoisotopic (exact) mass is 190 g/mol. The number of Topliss-reactive ketones (excluding diaryl/α,β-unsaturated/α-hetero) is 1. The number of rotatable bonds is 1. The third-order valence-corrected chi connectivity index (χ3v) is 2.38. The minimum Gasteiger partial charge on any atom is -0.390 e. The number of carbonyl (C=O) groups is 1. The van der Waals surface area contributed by atoms with E-state index in [1.165, 1.54) is 0 Å². The first-order chi connectivity index (χ1) is 6.10. The fraction of sp³-hybridized carbons (Fsp3) is 0.857. The number of ketones is 1. The van der Waals surface area contributed by atoms with Crippen LogP contribution in [-0.2, 0) is 14.3 Å². The first-order valence-corrected chi connectivity index (χ1v) is 3.94. The zero-order valence-electron chi connectivity index (χ0n) is 6.71. The molecule has 6 heteroatoms. The second-order valence-electron chi connectivity index (χ2n) is 3.18. The van der Waals surface area contributed by atoms with Crippen LogP contribution < -0.4 is 0 Å². The fourth-order valence-electron chi connectivity index (χ4n) is 1.57. The molecule has 2 fully saturated rings. The summed E-state index contributed by atoms with van der Waals surface area (Å²) in [7, 11) is 0. The lowest BCUT2D eigenvalue weighted by Crippen LogP contribution is -2.59. The highest BCUT2D eigenvalue weighted by Gasteiger charge is 2.59. The van der Waals surface area contributed by atoms with Crippen molar-refractivity contribution in [2.24, 2.45) is 0 Å². The highest BCUT2D eigenvalue weighted by molar-refractivity contribution is 5.91. The predicted octanol–water partition coefficient (Wildman–Crippen LogP) is -2.61. The van der Waals surface area contributed by atoms with Crippen molar-refractivity contribution >= 4 is 5.78 Å². The van der Waals surface area contributed by atoms with E-state index in [-0.39, 0.29) is 6.61 Å². The predicted molar refractivity (Wildman–Crippen MR) is 37.7 cm³/mol. The molecule has 0 amide bonds. The Bertz CT molecular complexity index is 241. The van der Waals surface area contributed by atoms with Crippen molar-refractivity contribution in [1.82, 2.24) is 0 Å². The highest BCUT2D eigenvalue weighted by Crippen LogP contribution is 2.33. The molecule has 6 nitrogen and oxygen atoms in total. The van der Waals surface area contributed by atoms with Crippen molar-refractivity contribution in [3.63, 3.8) is 0 Å². The van der Waals surface area contributed by atoms with Crippen molar-refractivity contribution in [2.45, 2.75) is 24.1 Å². The van der Waals surface area contributed by atoms with E-state index < -0.39 is 36.5 Å². The normalized spacial score (nSPS) is 49.8. The van der Waals surface area contributed by atoms with Crippen LogP contribution in [0.5, 0.6) is 0 Å². The first kappa shape index (κ1) is 9.04. The van der Waals surface area contributed by atoms with Gasteiger partial charge in [0.25, 0.3) is 5.79 Å². The van der Waals surface area contributed by atoms with Crippen molar-refractivity contribution in [3.8, 4) is 0 Å². The van der Waals surface area contributed by atoms with Crippen molar-refractivity contribution in [3.05, 3.63) is 0 Å². The molecule has 0 aliphatic carbocycles. The van der Waals surface area contributed by atoms with Gasteiger partial charge < -0.3 is 24.8 Å². The summed E-state index contributed by atoms with van der Waals surface area (Å²) in [5, 5.41) is 27.4. The van der Waals surface area contributed by atoms with Crippen molar-refractivity contribution < 1.29 is 29.6 Å². The third kappa shape index (κ3) is 1.04. The van der Waals surface area contributed by atoms with Gasteiger partial charge in [0.2, 0.25) is 5.78 Å². The molecule has 2 bridgehead atoms. The molecular weight excluding hydrogens is 180 g/mol. The van der Waals surface area contributed by atoms with E-state index >= 15 is 0 Å². The summed E-state index contributed by atoms with van der Waals surface area (Å²) in [6.45, 7) is -0.642. The smallest absolute Gasteiger partial charge is 0.256 e. The molecule has 0 aromatic carbocycles. The lowest BCUT2D eigenvalue weighted by atomic mass is 9.97. The van der Waals surface area contributed by atoms with Gasteiger partial charge in [-0.2, -0.15) is 0 Å². The molecule has 4 atom stereocenters. The van der Waals surface area contributed by atoms with Gasteiger partial charge in [0.05, 0.1) is 6.61 Å². The number of fused-ring (bicyclic) bond motifs is 2. The number of aliphatic hydroxyl groups is 3. The van der Waals surface area contributed by atoms with Gasteiger partial charge in [0.1, 0.15) is 24.9 Å². The zero-order chi connectivity index (χ0) is 9.64. The minimum absolute atomic E-state index is 0.00449. The number of aliphatic hydroxyl groups excluding tert-OH is 3. The van der Waals surface area contributed by atoms with E-state index in [1.807, 2.05) is 0 Å². The lowest BCUT2D eigenvalue weighted by Gasteiger charge is -2.33. The molecule has 2 saturated heterocycles. The largest absolute Gasteiger partial charge is 0.390 e. The Morgan fingerprint density at radius 2 is 2.23 bits per heavy atom.